The van der Waals surface area contributed by atoms with Gasteiger partial charge in [0.1, 0.15) is 11.2 Å². The van der Waals surface area contributed by atoms with Crippen LogP contribution >= 0.6 is 11.3 Å². The minimum Gasteiger partial charge on any atom is -0.261 e. The number of aromatic nitrogens is 2. The second-order valence-corrected chi connectivity index (χ2v) is 6.35. The Morgan fingerprint density at radius 1 is 1.18 bits per heavy atom. The first-order valence-electron chi connectivity index (χ1n) is 7.27. The molecule has 1 N–H and O–H groups in total. The maximum absolute atomic E-state index is 4.32. The highest BCUT2D eigenvalue weighted by Crippen LogP contribution is 2.32. The minimum absolute atomic E-state index is 0.758. The fraction of sp³-hybridized carbons (Fsp3) is 0.235. The summed E-state index contributed by atoms with van der Waals surface area (Å²) in [5, 5.41) is 5.37. The van der Waals surface area contributed by atoms with Crippen LogP contribution in [0.2, 0.25) is 0 Å². The number of aryl methyl sites for hydroxylation is 3. The monoisotopic (exact) mass is 310 g/mol. The van der Waals surface area contributed by atoms with Crippen molar-refractivity contribution >= 4 is 33.6 Å². The van der Waals surface area contributed by atoms with Gasteiger partial charge in [0.05, 0.1) is 11.6 Å². The van der Waals surface area contributed by atoms with Gasteiger partial charge in [0, 0.05) is 4.88 Å². The summed E-state index contributed by atoms with van der Waals surface area (Å²) in [4.78, 5) is 10.9. The molecule has 0 saturated carbocycles. The van der Waals surface area contributed by atoms with Gasteiger partial charge < -0.3 is 0 Å². The first-order chi connectivity index (χ1) is 10.7. The summed E-state index contributed by atoms with van der Waals surface area (Å²) in [6, 6.07) is 8.38. The number of hydrazone groups is 1. The Bertz CT molecular complexity index is 819. The van der Waals surface area contributed by atoms with Crippen LogP contribution in [-0.4, -0.2) is 16.2 Å². The molecule has 2 heterocycles. The van der Waals surface area contributed by atoms with Crippen molar-refractivity contribution in [3.8, 4) is 0 Å². The van der Waals surface area contributed by atoms with E-state index in [4.69, 9.17) is 0 Å². The van der Waals surface area contributed by atoms with E-state index in [9.17, 15) is 0 Å². The summed E-state index contributed by atoms with van der Waals surface area (Å²) in [5.74, 6) is 0.758. The number of nitrogens with zero attached hydrogens (tertiary/aromatic N) is 3. The van der Waals surface area contributed by atoms with E-state index in [0.29, 0.717) is 0 Å². The van der Waals surface area contributed by atoms with E-state index >= 15 is 0 Å². The van der Waals surface area contributed by atoms with E-state index in [1.165, 1.54) is 16.0 Å². The van der Waals surface area contributed by atoms with E-state index in [-0.39, 0.29) is 0 Å². The fourth-order valence-corrected chi connectivity index (χ4v) is 3.27. The number of hydrogen-bond donors (Lipinski definition) is 1. The lowest BCUT2D eigenvalue weighted by Gasteiger charge is -2.02. The molecule has 0 unspecified atom stereocenters. The number of nitrogens with one attached hydrogen (secondary N) is 1. The van der Waals surface area contributed by atoms with Crippen LogP contribution < -0.4 is 5.43 Å². The van der Waals surface area contributed by atoms with Gasteiger partial charge in [0.25, 0.3) is 0 Å². The summed E-state index contributed by atoms with van der Waals surface area (Å²) >= 11 is 1.68. The van der Waals surface area contributed by atoms with Gasteiger partial charge in [-0.1, -0.05) is 31.2 Å². The normalized spacial score (nSPS) is 11.4. The standard InChI is InChI=1S/C17H18N4S/c1-4-13-5-7-14(8-6-13)9-20-21-16-15-11(2)12(3)22-17(15)19-10-18-16/h5-10H,4H2,1-3H3,(H,18,19,21)/b20-9+. The molecule has 0 atom stereocenters. The molecule has 0 aliphatic rings. The first kappa shape index (κ1) is 14.7. The second kappa shape index (κ2) is 6.23. The SMILES string of the molecule is CCc1ccc(/C=N/Nc2ncnc3sc(C)c(C)c23)cc1. The maximum atomic E-state index is 4.32. The van der Waals surface area contributed by atoms with Crippen molar-refractivity contribution < 1.29 is 0 Å². The summed E-state index contributed by atoms with van der Waals surface area (Å²) in [6.07, 6.45) is 4.43. The summed E-state index contributed by atoms with van der Waals surface area (Å²) in [7, 11) is 0. The van der Waals surface area contributed by atoms with Gasteiger partial charge in [0.2, 0.25) is 0 Å². The molecule has 3 aromatic rings. The highest BCUT2D eigenvalue weighted by atomic mass is 32.1. The van der Waals surface area contributed by atoms with Crippen molar-refractivity contribution in [3.63, 3.8) is 0 Å². The molecular weight excluding hydrogens is 292 g/mol. The predicted octanol–water partition coefficient (Wildman–Crippen LogP) is 4.32. The smallest absolute Gasteiger partial charge is 0.158 e. The topological polar surface area (TPSA) is 50.2 Å². The molecule has 0 saturated heterocycles. The largest absolute Gasteiger partial charge is 0.261 e. The zero-order valence-corrected chi connectivity index (χ0v) is 13.7. The molecule has 3 rings (SSSR count). The van der Waals surface area contributed by atoms with Crippen LogP contribution in [0.1, 0.15) is 28.5 Å². The van der Waals surface area contributed by atoms with Crippen LogP contribution in [0.5, 0.6) is 0 Å². The zero-order valence-electron chi connectivity index (χ0n) is 12.9. The van der Waals surface area contributed by atoms with E-state index in [1.54, 1.807) is 17.7 Å². The first-order valence-corrected chi connectivity index (χ1v) is 8.09. The van der Waals surface area contributed by atoms with Gasteiger partial charge in [-0.3, -0.25) is 5.43 Å². The summed E-state index contributed by atoms with van der Waals surface area (Å²) in [5.41, 5.74) is 6.65. The molecule has 0 aliphatic heterocycles. The van der Waals surface area contributed by atoms with E-state index in [0.717, 1.165) is 28.0 Å². The molecule has 0 fully saturated rings. The summed E-state index contributed by atoms with van der Waals surface area (Å²) in [6.45, 7) is 6.34. The van der Waals surface area contributed by atoms with Gasteiger partial charge >= 0.3 is 0 Å². The number of rotatable bonds is 4. The lowest BCUT2D eigenvalue weighted by atomic mass is 10.1. The summed E-state index contributed by atoms with van der Waals surface area (Å²) < 4.78 is 0. The van der Waals surface area contributed by atoms with E-state index < -0.39 is 0 Å². The molecule has 0 amide bonds. The van der Waals surface area contributed by atoms with Gasteiger partial charge in [-0.15, -0.1) is 11.3 Å². The highest BCUT2D eigenvalue weighted by molar-refractivity contribution is 7.18. The lowest BCUT2D eigenvalue weighted by molar-refractivity contribution is 1.14. The van der Waals surface area contributed by atoms with Gasteiger partial charge in [0.15, 0.2) is 5.82 Å². The van der Waals surface area contributed by atoms with Crippen LogP contribution in [0.15, 0.2) is 35.7 Å². The van der Waals surface area contributed by atoms with E-state index in [2.05, 4.69) is 65.5 Å². The highest BCUT2D eigenvalue weighted by Gasteiger charge is 2.11. The number of hydrogen-bond acceptors (Lipinski definition) is 5. The van der Waals surface area contributed by atoms with Crippen molar-refractivity contribution in [2.75, 3.05) is 5.43 Å². The van der Waals surface area contributed by atoms with E-state index in [1.807, 2.05) is 6.21 Å². The molecule has 4 nitrogen and oxygen atoms in total. The molecule has 112 valence electrons. The Hall–Kier alpha value is -2.27. The molecule has 0 bridgehead atoms. The van der Waals surface area contributed by atoms with Crippen molar-refractivity contribution in [3.05, 3.63) is 52.2 Å². The van der Waals surface area contributed by atoms with Crippen LogP contribution in [0.25, 0.3) is 10.2 Å². The Balaban J connectivity index is 1.82. The van der Waals surface area contributed by atoms with Crippen molar-refractivity contribution in [2.24, 2.45) is 5.10 Å². The van der Waals surface area contributed by atoms with Crippen LogP contribution in [0, 0.1) is 13.8 Å². The van der Waals surface area contributed by atoms with Gasteiger partial charge in [-0.2, -0.15) is 5.10 Å². The Morgan fingerprint density at radius 2 is 1.95 bits per heavy atom. The molecule has 1 aromatic carbocycles. The van der Waals surface area contributed by atoms with Crippen molar-refractivity contribution in [2.45, 2.75) is 27.2 Å². The minimum atomic E-state index is 0.758. The number of benzene rings is 1. The van der Waals surface area contributed by atoms with Crippen molar-refractivity contribution in [1.82, 2.24) is 9.97 Å². The zero-order chi connectivity index (χ0) is 15.5. The van der Waals surface area contributed by atoms with Crippen molar-refractivity contribution in [1.29, 1.82) is 0 Å². The number of anilines is 1. The second-order valence-electron chi connectivity index (χ2n) is 5.15. The molecule has 0 aliphatic carbocycles. The fourth-order valence-electron chi connectivity index (χ4n) is 2.27. The van der Waals surface area contributed by atoms with Crippen LogP contribution in [0.3, 0.4) is 0 Å². The maximum Gasteiger partial charge on any atom is 0.158 e. The third-order valence-electron chi connectivity index (χ3n) is 3.74. The molecule has 5 heteroatoms. The third-order valence-corrected chi connectivity index (χ3v) is 4.85. The quantitative estimate of drug-likeness (QED) is 0.577. The van der Waals surface area contributed by atoms with Crippen LogP contribution in [0.4, 0.5) is 5.82 Å². The predicted molar refractivity (Wildman–Crippen MR) is 93.9 cm³/mol. The molecule has 22 heavy (non-hydrogen) atoms. The molecular formula is C17H18N4S. The Labute approximate surface area is 133 Å². The Morgan fingerprint density at radius 3 is 2.68 bits per heavy atom. The lowest BCUT2D eigenvalue weighted by Crippen LogP contribution is -1.95. The van der Waals surface area contributed by atoms with Gasteiger partial charge in [-0.05, 0) is 37.0 Å². The van der Waals surface area contributed by atoms with Crippen LogP contribution in [-0.2, 0) is 6.42 Å². The average molecular weight is 310 g/mol. The third kappa shape index (κ3) is 2.85. The van der Waals surface area contributed by atoms with Gasteiger partial charge in [-0.25, -0.2) is 9.97 Å². The number of fused-ring (bicyclic) bond motifs is 1. The molecule has 0 radical (unpaired) electrons. The molecule has 2 aromatic heterocycles. The average Bonchev–Trinajstić information content (AvgIpc) is 2.84. The Kier molecular flexibility index (Phi) is 4.15. The molecule has 0 spiro atoms. The number of thiophene rings is 1.